The van der Waals surface area contributed by atoms with Crippen LogP contribution in [0, 0.1) is 0 Å². The predicted octanol–water partition coefficient (Wildman–Crippen LogP) is 2.87. The Morgan fingerprint density at radius 2 is 1.82 bits per heavy atom. The summed E-state index contributed by atoms with van der Waals surface area (Å²) in [6.45, 7) is 6.24. The Balaban J connectivity index is 2.04. The molecule has 2 rings (SSSR count). The third kappa shape index (κ3) is 10.2. The van der Waals surface area contributed by atoms with Crippen molar-refractivity contribution >= 4 is 19.4 Å². The lowest BCUT2D eigenvalue weighted by atomic mass is 10.00. The maximum absolute atomic E-state index is 12.4. The molecule has 1 amide bonds. The van der Waals surface area contributed by atoms with E-state index in [9.17, 15) is 9.90 Å². The molecular formula is C24H35BN3O5. The minimum atomic E-state index is -0.842. The molecule has 0 heterocycles. The first-order valence-corrected chi connectivity index (χ1v) is 10.9. The second-order valence-electron chi connectivity index (χ2n) is 8.70. The van der Waals surface area contributed by atoms with Gasteiger partial charge in [-0.3, -0.25) is 0 Å². The van der Waals surface area contributed by atoms with Crippen molar-refractivity contribution in [1.82, 2.24) is 10.6 Å². The SMILES string of the molecule is CO[B]Nc1cccc(CC(NC(=O)OC(C)(C)C)[C@H](O)CNCc2cccc(OC)c2)c1. The van der Waals surface area contributed by atoms with Crippen LogP contribution < -0.4 is 20.6 Å². The van der Waals surface area contributed by atoms with Gasteiger partial charge in [0.05, 0.1) is 19.3 Å². The van der Waals surface area contributed by atoms with Crippen molar-refractivity contribution in [2.75, 3.05) is 26.0 Å². The van der Waals surface area contributed by atoms with E-state index >= 15 is 0 Å². The first kappa shape index (κ1) is 26.5. The number of carbonyl (C=O) groups excluding carboxylic acids is 1. The van der Waals surface area contributed by atoms with Crippen LogP contribution in [0.3, 0.4) is 0 Å². The summed E-state index contributed by atoms with van der Waals surface area (Å²) in [5.74, 6) is 0.776. The van der Waals surface area contributed by atoms with E-state index in [1.165, 1.54) is 7.62 Å². The second-order valence-corrected chi connectivity index (χ2v) is 8.70. The molecule has 0 bridgehead atoms. The summed E-state index contributed by atoms with van der Waals surface area (Å²) in [7, 11) is 4.67. The van der Waals surface area contributed by atoms with Crippen molar-refractivity contribution in [3.63, 3.8) is 0 Å². The zero-order chi connectivity index (χ0) is 24.3. The Hall–Kier alpha value is -2.75. The average molecular weight is 456 g/mol. The third-order valence-electron chi connectivity index (χ3n) is 4.71. The minimum Gasteiger partial charge on any atom is -0.497 e. The molecule has 0 aliphatic carbocycles. The number of anilines is 1. The normalized spacial score (nSPS) is 13.0. The molecule has 2 atom stereocenters. The first-order valence-electron chi connectivity index (χ1n) is 10.9. The van der Waals surface area contributed by atoms with E-state index in [1.807, 2.05) is 48.5 Å². The summed E-state index contributed by atoms with van der Waals surface area (Å²) >= 11 is 0. The molecular weight excluding hydrogens is 421 g/mol. The van der Waals surface area contributed by atoms with Crippen molar-refractivity contribution in [2.24, 2.45) is 0 Å². The van der Waals surface area contributed by atoms with E-state index in [-0.39, 0.29) is 6.54 Å². The topological polar surface area (TPSA) is 101 Å². The Morgan fingerprint density at radius 3 is 2.52 bits per heavy atom. The molecule has 0 saturated carbocycles. The van der Waals surface area contributed by atoms with Crippen LogP contribution in [0.1, 0.15) is 31.9 Å². The van der Waals surface area contributed by atoms with Crippen molar-refractivity contribution in [1.29, 1.82) is 0 Å². The molecule has 1 radical (unpaired) electrons. The average Bonchev–Trinajstić information content (AvgIpc) is 2.76. The Labute approximate surface area is 197 Å². The quantitative estimate of drug-likeness (QED) is 0.365. The van der Waals surface area contributed by atoms with Gasteiger partial charge in [0.1, 0.15) is 11.4 Å². The Kier molecular flexibility index (Phi) is 10.5. The lowest BCUT2D eigenvalue weighted by Crippen LogP contribution is -2.49. The maximum Gasteiger partial charge on any atom is 0.435 e. The number of rotatable bonds is 12. The largest absolute Gasteiger partial charge is 0.497 e. The van der Waals surface area contributed by atoms with E-state index in [0.29, 0.717) is 13.0 Å². The van der Waals surface area contributed by atoms with Crippen LogP contribution in [-0.2, 0) is 22.4 Å². The molecule has 0 spiro atoms. The van der Waals surface area contributed by atoms with E-state index < -0.39 is 23.8 Å². The number of hydrogen-bond donors (Lipinski definition) is 4. The predicted molar refractivity (Wildman–Crippen MR) is 130 cm³/mol. The number of aliphatic hydroxyl groups is 1. The van der Waals surface area contributed by atoms with E-state index in [4.69, 9.17) is 14.1 Å². The number of hydrogen-bond acceptors (Lipinski definition) is 7. The van der Waals surface area contributed by atoms with Gasteiger partial charge in [-0.25, -0.2) is 4.79 Å². The molecule has 0 aliphatic heterocycles. The van der Waals surface area contributed by atoms with Crippen LogP contribution in [0.5, 0.6) is 5.75 Å². The van der Waals surface area contributed by atoms with Gasteiger partial charge < -0.3 is 35.1 Å². The van der Waals surface area contributed by atoms with Crippen LogP contribution in [0.4, 0.5) is 10.5 Å². The summed E-state index contributed by atoms with van der Waals surface area (Å²) in [6.07, 6.45) is -0.990. The van der Waals surface area contributed by atoms with Crippen molar-refractivity contribution in [2.45, 2.75) is 51.5 Å². The smallest absolute Gasteiger partial charge is 0.435 e. The molecule has 4 N–H and O–H groups in total. The zero-order valence-electron chi connectivity index (χ0n) is 20.1. The van der Waals surface area contributed by atoms with Gasteiger partial charge >= 0.3 is 13.7 Å². The summed E-state index contributed by atoms with van der Waals surface area (Å²) in [4.78, 5) is 12.4. The number of methoxy groups -OCH3 is 1. The van der Waals surface area contributed by atoms with Gasteiger partial charge in [0.25, 0.3) is 0 Å². The molecule has 179 valence electrons. The number of nitrogens with one attached hydrogen (secondary N) is 3. The van der Waals surface area contributed by atoms with Crippen LogP contribution in [0.2, 0.25) is 0 Å². The maximum atomic E-state index is 12.4. The van der Waals surface area contributed by atoms with Crippen LogP contribution >= 0.6 is 0 Å². The zero-order valence-corrected chi connectivity index (χ0v) is 20.1. The Bertz CT molecular complexity index is 875. The molecule has 2 aromatic rings. The van der Waals surface area contributed by atoms with Crippen LogP contribution in [0.15, 0.2) is 48.5 Å². The van der Waals surface area contributed by atoms with Gasteiger partial charge in [-0.05, 0) is 62.6 Å². The molecule has 0 aliphatic rings. The fourth-order valence-corrected chi connectivity index (χ4v) is 3.20. The van der Waals surface area contributed by atoms with E-state index in [0.717, 1.165) is 22.6 Å². The molecule has 1 unspecified atom stereocenters. The lowest BCUT2D eigenvalue weighted by molar-refractivity contribution is 0.0422. The molecule has 0 saturated heterocycles. The summed E-state index contributed by atoms with van der Waals surface area (Å²) in [6, 6.07) is 14.8. The van der Waals surface area contributed by atoms with Crippen molar-refractivity contribution < 1.29 is 24.0 Å². The Morgan fingerprint density at radius 1 is 1.09 bits per heavy atom. The number of alkyl carbamates (subject to hydrolysis) is 1. The van der Waals surface area contributed by atoms with E-state index in [1.54, 1.807) is 35.0 Å². The third-order valence-corrected chi connectivity index (χ3v) is 4.71. The van der Waals surface area contributed by atoms with Gasteiger partial charge in [0, 0.05) is 25.9 Å². The number of ether oxygens (including phenoxy) is 2. The molecule has 0 aromatic heterocycles. The number of aliphatic hydroxyl groups excluding tert-OH is 1. The molecule has 9 heteroatoms. The molecule has 0 fully saturated rings. The van der Waals surface area contributed by atoms with Crippen molar-refractivity contribution in [3.8, 4) is 5.75 Å². The van der Waals surface area contributed by atoms with Gasteiger partial charge in [-0.15, -0.1) is 0 Å². The molecule has 8 nitrogen and oxygen atoms in total. The minimum absolute atomic E-state index is 0.285. The summed E-state index contributed by atoms with van der Waals surface area (Å²) in [5, 5.41) is 20.0. The molecule has 33 heavy (non-hydrogen) atoms. The highest BCUT2D eigenvalue weighted by Crippen LogP contribution is 2.15. The van der Waals surface area contributed by atoms with E-state index in [2.05, 4.69) is 15.9 Å². The standard InChI is InChI=1S/C24H35BN3O5/c1-24(2,3)33-23(30)27-21(14-17-8-6-10-19(12-17)28-25-32-5)22(29)16-26-15-18-9-7-11-20(13-18)31-4/h6-13,21-22,26,28-29H,14-16H2,1-5H3,(H,27,30)/t21?,22-/m1/s1. The van der Waals surface area contributed by atoms with Gasteiger partial charge in [0.15, 0.2) is 0 Å². The van der Waals surface area contributed by atoms with Gasteiger partial charge in [-0.1, -0.05) is 24.3 Å². The summed E-state index contributed by atoms with van der Waals surface area (Å²) < 4.78 is 15.6. The van der Waals surface area contributed by atoms with Crippen molar-refractivity contribution in [3.05, 3.63) is 59.7 Å². The fraction of sp³-hybridized carbons (Fsp3) is 0.458. The van der Waals surface area contributed by atoms with Crippen LogP contribution in [0.25, 0.3) is 0 Å². The number of benzene rings is 2. The highest BCUT2D eigenvalue weighted by molar-refractivity contribution is 6.32. The fourth-order valence-electron chi connectivity index (χ4n) is 3.20. The number of amides is 1. The summed E-state index contributed by atoms with van der Waals surface area (Å²) in [5.41, 5.74) is 2.18. The molecule has 2 aromatic carbocycles. The van der Waals surface area contributed by atoms with Gasteiger partial charge in [0.2, 0.25) is 0 Å². The van der Waals surface area contributed by atoms with Gasteiger partial charge in [-0.2, -0.15) is 0 Å². The monoisotopic (exact) mass is 456 g/mol. The second kappa shape index (κ2) is 13.1. The first-order chi connectivity index (χ1) is 15.7. The van der Waals surface area contributed by atoms with Crippen LogP contribution in [-0.4, -0.2) is 57.3 Å². The lowest BCUT2D eigenvalue weighted by Gasteiger charge is -2.27. The highest BCUT2D eigenvalue weighted by Gasteiger charge is 2.25. The number of carbonyl (C=O) groups is 1. The highest BCUT2D eigenvalue weighted by atomic mass is 16.6.